The van der Waals surface area contributed by atoms with E-state index in [2.05, 4.69) is 15.6 Å². The van der Waals surface area contributed by atoms with Crippen molar-refractivity contribution in [3.05, 3.63) is 35.9 Å². The maximum absolute atomic E-state index is 12.9. The molecule has 31 heavy (non-hydrogen) atoms. The van der Waals surface area contributed by atoms with Crippen molar-refractivity contribution in [3.63, 3.8) is 0 Å². The molecule has 3 unspecified atom stereocenters. The lowest BCUT2D eigenvalue weighted by atomic mass is 10.0. The molecule has 0 saturated heterocycles. The molecule has 8 N–H and O–H groups in total. The number of aliphatic imine (C=N–C) groups is 1. The first-order valence-corrected chi connectivity index (χ1v) is 10.2. The molecular formula is C21H34N6O4. The highest BCUT2D eigenvalue weighted by atomic mass is 16.5. The van der Waals surface area contributed by atoms with Gasteiger partial charge in [0.15, 0.2) is 5.96 Å². The molecule has 2 amide bonds. The lowest BCUT2D eigenvalue weighted by Crippen LogP contribution is -2.55. The van der Waals surface area contributed by atoms with E-state index in [1.165, 1.54) is 7.11 Å². The van der Waals surface area contributed by atoms with E-state index in [1.54, 1.807) is 13.8 Å². The predicted molar refractivity (Wildman–Crippen MR) is 119 cm³/mol. The molecule has 10 heteroatoms. The quantitative estimate of drug-likeness (QED) is 0.126. The van der Waals surface area contributed by atoms with Gasteiger partial charge in [0.1, 0.15) is 12.1 Å². The van der Waals surface area contributed by atoms with Crippen molar-refractivity contribution in [2.45, 2.75) is 51.2 Å². The van der Waals surface area contributed by atoms with Crippen LogP contribution in [-0.4, -0.2) is 55.5 Å². The van der Waals surface area contributed by atoms with Gasteiger partial charge in [0.05, 0.1) is 13.2 Å². The highest BCUT2D eigenvalue weighted by Crippen LogP contribution is 2.07. The molecule has 172 valence electrons. The van der Waals surface area contributed by atoms with E-state index in [-0.39, 0.29) is 18.3 Å². The number of nitrogens with one attached hydrogen (secondary N) is 2. The van der Waals surface area contributed by atoms with Crippen molar-refractivity contribution in [3.8, 4) is 0 Å². The third-order valence-electron chi connectivity index (χ3n) is 4.63. The van der Waals surface area contributed by atoms with Crippen LogP contribution in [0, 0.1) is 5.92 Å². The van der Waals surface area contributed by atoms with E-state index in [0.29, 0.717) is 19.4 Å². The Morgan fingerprint density at radius 3 is 2.26 bits per heavy atom. The molecule has 3 atom stereocenters. The Hall–Kier alpha value is -3.14. The Morgan fingerprint density at radius 1 is 1.06 bits per heavy atom. The molecule has 0 heterocycles. The number of guanidine groups is 1. The molecule has 0 aliphatic carbocycles. The van der Waals surface area contributed by atoms with Crippen LogP contribution in [0.1, 0.15) is 32.3 Å². The van der Waals surface area contributed by atoms with Gasteiger partial charge in [-0.05, 0) is 30.7 Å². The summed E-state index contributed by atoms with van der Waals surface area (Å²) in [7, 11) is 1.25. The Bertz CT molecular complexity index is 749. The van der Waals surface area contributed by atoms with Crippen molar-refractivity contribution in [1.29, 1.82) is 0 Å². The number of hydrogen-bond acceptors (Lipinski definition) is 6. The van der Waals surface area contributed by atoms with Gasteiger partial charge >= 0.3 is 5.97 Å². The largest absolute Gasteiger partial charge is 0.467 e. The smallest absolute Gasteiger partial charge is 0.328 e. The van der Waals surface area contributed by atoms with E-state index in [9.17, 15) is 14.4 Å². The third-order valence-corrected chi connectivity index (χ3v) is 4.63. The van der Waals surface area contributed by atoms with Crippen molar-refractivity contribution in [2.75, 3.05) is 13.7 Å². The predicted octanol–water partition coefficient (Wildman–Crippen LogP) is -0.591. The SMILES string of the molecule is COC(=O)C(NC(=O)C(CCCN=C(N)N)NC(=O)C(N)Cc1ccccc1)C(C)C. The van der Waals surface area contributed by atoms with Crippen LogP contribution in [0.2, 0.25) is 0 Å². The number of hydrogen-bond donors (Lipinski definition) is 5. The lowest BCUT2D eigenvalue weighted by Gasteiger charge is -2.25. The molecule has 0 aliphatic rings. The van der Waals surface area contributed by atoms with Crippen molar-refractivity contribution in [1.82, 2.24) is 10.6 Å². The average Bonchev–Trinajstić information content (AvgIpc) is 2.73. The van der Waals surface area contributed by atoms with E-state index in [4.69, 9.17) is 21.9 Å². The van der Waals surface area contributed by atoms with Crippen LogP contribution in [0.5, 0.6) is 0 Å². The number of nitrogens with two attached hydrogens (primary N) is 3. The Balaban J connectivity index is 2.85. The second-order valence-electron chi connectivity index (χ2n) is 7.56. The van der Waals surface area contributed by atoms with Gasteiger partial charge < -0.3 is 32.6 Å². The highest BCUT2D eigenvalue weighted by molar-refractivity contribution is 5.92. The van der Waals surface area contributed by atoms with Gasteiger partial charge in [0, 0.05) is 6.54 Å². The number of benzene rings is 1. The number of carbonyl (C=O) groups is 3. The fraction of sp³-hybridized carbons (Fsp3) is 0.524. The van der Waals surface area contributed by atoms with Gasteiger partial charge in [-0.25, -0.2) is 4.79 Å². The number of esters is 1. The Kier molecular flexibility index (Phi) is 11.0. The second-order valence-corrected chi connectivity index (χ2v) is 7.56. The molecule has 1 rings (SSSR count). The number of rotatable bonds is 12. The average molecular weight is 435 g/mol. The first kappa shape index (κ1) is 25.9. The lowest BCUT2D eigenvalue weighted by molar-refractivity contribution is -0.146. The van der Waals surface area contributed by atoms with Gasteiger partial charge in [-0.1, -0.05) is 44.2 Å². The monoisotopic (exact) mass is 434 g/mol. The second kappa shape index (κ2) is 13.2. The maximum atomic E-state index is 12.9. The zero-order chi connectivity index (χ0) is 23.4. The molecule has 1 aromatic rings. The van der Waals surface area contributed by atoms with Crippen molar-refractivity contribution < 1.29 is 19.1 Å². The van der Waals surface area contributed by atoms with E-state index < -0.39 is 35.9 Å². The summed E-state index contributed by atoms with van der Waals surface area (Å²) in [6, 6.07) is 6.75. The van der Waals surface area contributed by atoms with Gasteiger partial charge in [-0.3, -0.25) is 14.6 Å². The summed E-state index contributed by atoms with van der Waals surface area (Å²) in [5, 5.41) is 5.34. The number of ether oxygens (including phenoxy) is 1. The number of carbonyl (C=O) groups excluding carboxylic acids is 3. The maximum Gasteiger partial charge on any atom is 0.328 e. The molecule has 0 bridgehead atoms. The highest BCUT2D eigenvalue weighted by Gasteiger charge is 2.30. The van der Waals surface area contributed by atoms with Crippen LogP contribution in [0.15, 0.2) is 35.3 Å². The summed E-state index contributed by atoms with van der Waals surface area (Å²) < 4.78 is 4.76. The summed E-state index contributed by atoms with van der Waals surface area (Å²) in [6.07, 6.45) is 1.03. The molecule has 0 aromatic heterocycles. The molecular weight excluding hydrogens is 400 g/mol. The summed E-state index contributed by atoms with van der Waals surface area (Å²) in [5.41, 5.74) is 17.6. The molecule has 10 nitrogen and oxygen atoms in total. The van der Waals surface area contributed by atoms with Crippen molar-refractivity contribution >= 4 is 23.7 Å². The van der Waals surface area contributed by atoms with Crippen LogP contribution >= 0.6 is 0 Å². The standard InChI is InChI=1S/C21H34N6O4/c1-13(2)17(20(30)31-3)27-19(29)16(10-7-11-25-21(23)24)26-18(28)15(22)12-14-8-5-4-6-9-14/h4-6,8-9,13,15-17H,7,10-12,22H2,1-3H3,(H,26,28)(H,27,29)(H4,23,24,25). The van der Waals surface area contributed by atoms with Crippen molar-refractivity contribution in [2.24, 2.45) is 28.1 Å². The molecule has 1 aromatic carbocycles. The van der Waals surface area contributed by atoms with E-state index in [1.807, 2.05) is 30.3 Å². The summed E-state index contributed by atoms with van der Waals surface area (Å²) in [4.78, 5) is 41.4. The topological polar surface area (TPSA) is 175 Å². The summed E-state index contributed by atoms with van der Waals surface area (Å²) in [6.45, 7) is 3.86. The zero-order valence-corrected chi connectivity index (χ0v) is 18.3. The van der Waals surface area contributed by atoms with Crippen LogP contribution in [-0.2, 0) is 25.5 Å². The van der Waals surface area contributed by atoms with Crippen LogP contribution in [0.3, 0.4) is 0 Å². The van der Waals surface area contributed by atoms with Gasteiger partial charge in [-0.2, -0.15) is 0 Å². The van der Waals surface area contributed by atoms with Gasteiger partial charge in [0.2, 0.25) is 11.8 Å². The molecule has 0 radical (unpaired) electrons. The first-order valence-electron chi connectivity index (χ1n) is 10.2. The Morgan fingerprint density at radius 2 is 1.71 bits per heavy atom. The van der Waals surface area contributed by atoms with E-state index >= 15 is 0 Å². The van der Waals surface area contributed by atoms with E-state index in [0.717, 1.165) is 5.56 Å². The van der Waals surface area contributed by atoms with Crippen LogP contribution < -0.4 is 27.8 Å². The Labute approximate surface area is 183 Å². The molecule has 0 aliphatic heterocycles. The minimum Gasteiger partial charge on any atom is -0.467 e. The number of methoxy groups -OCH3 is 1. The summed E-state index contributed by atoms with van der Waals surface area (Å²) in [5.74, 6) is -1.79. The number of amides is 2. The minimum absolute atomic E-state index is 0.0551. The van der Waals surface area contributed by atoms with Crippen LogP contribution in [0.4, 0.5) is 0 Å². The molecule has 0 saturated carbocycles. The fourth-order valence-electron chi connectivity index (χ4n) is 2.89. The fourth-order valence-corrected chi connectivity index (χ4v) is 2.89. The summed E-state index contributed by atoms with van der Waals surface area (Å²) >= 11 is 0. The minimum atomic E-state index is -0.908. The third kappa shape index (κ3) is 9.47. The normalized spacial score (nSPS) is 13.6. The first-order chi connectivity index (χ1) is 14.6. The zero-order valence-electron chi connectivity index (χ0n) is 18.3. The van der Waals surface area contributed by atoms with Gasteiger partial charge in [0.25, 0.3) is 0 Å². The van der Waals surface area contributed by atoms with Crippen LogP contribution in [0.25, 0.3) is 0 Å². The number of nitrogens with zero attached hydrogens (tertiary/aromatic N) is 1. The molecule has 0 fully saturated rings. The molecule has 0 spiro atoms. The van der Waals surface area contributed by atoms with Gasteiger partial charge in [-0.15, -0.1) is 0 Å².